The molecule has 0 bridgehead atoms. The van der Waals surface area contributed by atoms with Crippen LogP contribution < -0.4 is 5.32 Å². The molecule has 0 saturated carbocycles. The normalized spacial score (nSPS) is 21.9. The summed E-state index contributed by atoms with van der Waals surface area (Å²) >= 11 is 0. The third kappa shape index (κ3) is 1.75. The van der Waals surface area contributed by atoms with Crippen molar-refractivity contribution in [2.75, 3.05) is 27.2 Å². The average molecular weight is 174 g/mol. The maximum absolute atomic E-state index is 13.8. The number of piperidine rings is 1. The summed E-state index contributed by atoms with van der Waals surface area (Å²) in [5, 5.41) is 3.02. The molecular formula is C8H15FN2O. The van der Waals surface area contributed by atoms with Gasteiger partial charge in [-0.3, -0.25) is 4.79 Å². The van der Waals surface area contributed by atoms with E-state index in [2.05, 4.69) is 5.32 Å². The third-order valence-electron chi connectivity index (χ3n) is 2.19. The highest BCUT2D eigenvalue weighted by molar-refractivity contribution is 5.84. The Balaban J connectivity index is 2.62. The lowest BCUT2D eigenvalue weighted by Crippen LogP contribution is -2.49. The second kappa shape index (κ2) is 3.39. The minimum absolute atomic E-state index is 0.296. The van der Waals surface area contributed by atoms with E-state index in [-0.39, 0.29) is 0 Å². The quantitative estimate of drug-likeness (QED) is 0.614. The molecule has 0 aromatic heterocycles. The molecule has 1 rings (SSSR count). The van der Waals surface area contributed by atoms with E-state index in [1.807, 2.05) is 0 Å². The van der Waals surface area contributed by atoms with E-state index in [4.69, 9.17) is 0 Å². The first-order valence-corrected chi connectivity index (χ1v) is 4.18. The molecule has 0 spiro atoms. The van der Waals surface area contributed by atoms with E-state index in [1.165, 1.54) is 4.90 Å². The van der Waals surface area contributed by atoms with E-state index >= 15 is 0 Å². The van der Waals surface area contributed by atoms with Crippen molar-refractivity contribution in [1.82, 2.24) is 10.2 Å². The first-order chi connectivity index (χ1) is 5.56. The smallest absolute Gasteiger partial charge is 0.259 e. The number of amides is 1. The van der Waals surface area contributed by atoms with Crippen LogP contribution >= 0.6 is 0 Å². The van der Waals surface area contributed by atoms with Crippen molar-refractivity contribution in [3.63, 3.8) is 0 Å². The second-order valence-electron chi connectivity index (χ2n) is 3.41. The Hall–Kier alpha value is -0.640. The molecule has 1 amide bonds. The summed E-state index contributed by atoms with van der Waals surface area (Å²) in [6.07, 6.45) is 0.591. The Morgan fingerprint density at radius 2 is 1.92 bits per heavy atom. The maximum Gasteiger partial charge on any atom is 0.259 e. The van der Waals surface area contributed by atoms with Gasteiger partial charge in [-0.15, -0.1) is 0 Å². The number of hydrogen-bond donors (Lipinski definition) is 1. The van der Waals surface area contributed by atoms with Crippen LogP contribution in [-0.2, 0) is 4.79 Å². The molecule has 0 radical (unpaired) electrons. The molecule has 70 valence electrons. The third-order valence-corrected chi connectivity index (χ3v) is 2.19. The van der Waals surface area contributed by atoms with Crippen molar-refractivity contribution in [1.29, 1.82) is 0 Å². The highest BCUT2D eigenvalue weighted by Crippen LogP contribution is 2.24. The minimum Gasteiger partial charge on any atom is -0.346 e. The number of carbonyl (C=O) groups is 1. The van der Waals surface area contributed by atoms with Gasteiger partial charge < -0.3 is 10.2 Å². The number of alkyl halides is 1. The Labute approximate surface area is 71.9 Å². The molecule has 0 aromatic rings. The number of rotatable bonds is 1. The summed E-state index contributed by atoms with van der Waals surface area (Å²) in [6.45, 7) is 1.19. The Morgan fingerprint density at radius 1 is 1.42 bits per heavy atom. The van der Waals surface area contributed by atoms with Crippen molar-refractivity contribution in [2.24, 2.45) is 0 Å². The number of halogens is 1. The van der Waals surface area contributed by atoms with Crippen LogP contribution in [0.2, 0.25) is 0 Å². The van der Waals surface area contributed by atoms with Crippen LogP contribution in [0.3, 0.4) is 0 Å². The highest BCUT2D eigenvalue weighted by atomic mass is 19.1. The van der Waals surface area contributed by atoms with Gasteiger partial charge in [0, 0.05) is 26.9 Å². The zero-order valence-corrected chi connectivity index (χ0v) is 7.56. The fraction of sp³-hybridized carbons (Fsp3) is 0.875. The molecule has 12 heavy (non-hydrogen) atoms. The number of carbonyl (C=O) groups excluding carboxylic acids is 1. The van der Waals surface area contributed by atoms with E-state index in [0.717, 1.165) is 0 Å². The van der Waals surface area contributed by atoms with Crippen LogP contribution in [0.5, 0.6) is 0 Å². The molecule has 1 saturated heterocycles. The lowest BCUT2D eigenvalue weighted by atomic mass is 9.93. The van der Waals surface area contributed by atoms with E-state index in [0.29, 0.717) is 25.9 Å². The van der Waals surface area contributed by atoms with Gasteiger partial charge in [-0.25, -0.2) is 4.39 Å². The van der Waals surface area contributed by atoms with Gasteiger partial charge in [0.2, 0.25) is 0 Å². The zero-order chi connectivity index (χ0) is 9.19. The Kier molecular flexibility index (Phi) is 2.67. The maximum atomic E-state index is 13.8. The molecule has 0 aliphatic carbocycles. The number of nitrogens with one attached hydrogen (secondary N) is 1. The molecule has 1 N–H and O–H groups in total. The zero-order valence-electron chi connectivity index (χ0n) is 7.56. The highest BCUT2D eigenvalue weighted by Gasteiger charge is 2.40. The van der Waals surface area contributed by atoms with Gasteiger partial charge >= 0.3 is 0 Å². The van der Waals surface area contributed by atoms with E-state index < -0.39 is 11.6 Å². The summed E-state index contributed by atoms with van der Waals surface area (Å²) in [6, 6.07) is 0. The first kappa shape index (κ1) is 9.45. The summed E-state index contributed by atoms with van der Waals surface area (Å²) in [5.74, 6) is -0.399. The van der Waals surface area contributed by atoms with Crippen molar-refractivity contribution >= 4 is 5.91 Å². The topological polar surface area (TPSA) is 32.3 Å². The second-order valence-corrected chi connectivity index (χ2v) is 3.41. The first-order valence-electron chi connectivity index (χ1n) is 4.18. The predicted molar refractivity (Wildman–Crippen MR) is 44.6 cm³/mol. The van der Waals surface area contributed by atoms with Gasteiger partial charge in [-0.2, -0.15) is 0 Å². The van der Waals surface area contributed by atoms with Crippen molar-refractivity contribution in [3.05, 3.63) is 0 Å². The van der Waals surface area contributed by atoms with Crippen LogP contribution in [0.25, 0.3) is 0 Å². The van der Waals surface area contributed by atoms with Gasteiger partial charge in [0.15, 0.2) is 5.67 Å². The van der Waals surface area contributed by atoms with E-state index in [1.54, 1.807) is 14.1 Å². The molecule has 1 aliphatic rings. The van der Waals surface area contributed by atoms with Crippen LogP contribution in [0.4, 0.5) is 4.39 Å². The molecule has 4 heteroatoms. The lowest BCUT2D eigenvalue weighted by Gasteiger charge is -2.30. The Morgan fingerprint density at radius 3 is 2.33 bits per heavy atom. The summed E-state index contributed by atoms with van der Waals surface area (Å²) < 4.78 is 13.8. The standard InChI is InChI=1S/C8H15FN2O/c1-11(2)7(12)8(9)3-5-10-6-4-8/h10H,3-6H2,1-2H3. The van der Waals surface area contributed by atoms with Gasteiger partial charge in [0.1, 0.15) is 0 Å². The number of hydrogen-bond acceptors (Lipinski definition) is 2. The largest absolute Gasteiger partial charge is 0.346 e. The Bertz CT molecular complexity index is 176. The SMILES string of the molecule is CN(C)C(=O)C1(F)CCNCC1. The molecule has 1 fully saturated rings. The fourth-order valence-corrected chi connectivity index (χ4v) is 1.44. The van der Waals surface area contributed by atoms with Gasteiger partial charge in [0.25, 0.3) is 5.91 Å². The number of nitrogens with zero attached hydrogens (tertiary/aromatic N) is 1. The minimum atomic E-state index is -1.62. The van der Waals surface area contributed by atoms with E-state index in [9.17, 15) is 9.18 Å². The van der Waals surface area contributed by atoms with Crippen LogP contribution in [0.15, 0.2) is 0 Å². The van der Waals surface area contributed by atoms with Crippen molar-refractivity contribution < 1.29 is 9.18 Å². The molecule has 0 aromatic carbocycles. The summed E-state index contributed by atoms with van der Waals surface area (Å²) in [7, 11) is 3.18. The molecule has 1 aliphatic heterocycles. The van der Waals surface area contributed by atoms with Gasteiger partial charge in [-0.1, -0.05) is 0 Å². The van der Waals surface area contributed by atoms with Crippen molar-refractivity contribution in [3.8, 4) is 0 Å². The van der Waals surface area contributed by atoms with Crippen LogP contribution in [0.1, 0.15) is 12.8 Å². The molecule has 0 atom stereocenters. The lowest BCUT2D eigenvalue weighted by molar-refractivity contribution is -0.143. The van der Waals surface area contributed by atoms with Crippen LogP contribution in [-0.4, -0.2) is 43.7 Å². The molecule has 0 unspecified atom stereocenters. The fourth-order valence-electron chi connectivity index (χ4n) is 1.44. The molecule has 3 nitrogen and oxygen atoms in total. The average Bonchev–Trinajstić information content (AvgIpc) is 2.04. The monoisotopic (exact) mass is 174 g/mol. The van der Waals surface area contributed by atoms with Crippen LogP contribution in [0, 0.1) is 0 Å². The molecule has 1 heterocycles. The molecular weight excluding hydrogens is 159 g/mol. The summed E-state index contributed by atoms with van der Waals surface area (Å²) in [4.78, 5) is 12.7. The predicted octanol–water partition coefficient (Wildman–Crippen LogP) is 0.166. The van der Waals surface area contributed by atoms with Gasteiger partial charge in [0.05, 0.1) is 0 Å². The summed E-state index contributed by atoms with van der Waals surface area (Å²) in [5.41, 5.74) is -1.62. The van der Waals surface area contributed by atoms with Crippen molar-refractivity contribution in [2.45, 2.75) is 18.5 Å². The van der Waals surface area contributed by atoms with Gasteiger partial charge in [-0.05, 0) is 13.1 Å².